The molecule has 0 amide bonds. The fourth-order valence-corrected chi connectivity index (χ4v) is 3.83. The lowest BCUT2D eigenvalue weighted by molar-refractivity contribution is 0.135. The van der Waals surface area contributed by atoms with E-state index in [1.807, 2.05) is 6.07 Å². The molecular formula is C13H21ClN2S. The van der Waals surface area contributed by atoms with Crippen LogP contribution in [0.5, 0.6) is 0 Å². The molecule has 96 valence electrons. The van der Waals surface area contributed by atoms with E-state index in [9.17, 15) is 0 Å². The molecule has 1 aliphatic rings. The van der Waals surface area contributed by atoms with E-state index in [-0.39, 0.29) is 0 Å². The lowest BCUT2D eigenvalue weighted by Crippen LogP contribution is -2.39. The maximum atomic E-state index is 6.01. The number of nitrogens with two attached hydrogens (primary N) is 1. The van der Waals surface area contributed by atoms with E-state index in [0.29, 0.717) is 12.6 Å². The third-order valence-electron chi connectivity index (χ3n) is 3.81. The highest BCUT2D eigenvalue weighted by Crippen LogP contribution is 2.32. The molecule has 2 rings (SSSR count). The van der Waals surface area contributed by atoms with E-state index in [2.05, 4.69) is 17.9 Å². The molecular weight excluding hydrogens is 252 g/mol. The van der Waals surface area contributed by atoms with E-state index in [1.165, 1.54) is 37.2 Å². The van der Waals surface area contributed by atoms with Crippen LogP contribution in [0.25, 0.3) is 0 Å². The average molecular weight is 273 g/mol. The van der Waals surface area contributed by atoms with Gasteiger partial charge in [0.15, 0.2) is 0 Å². The van der Waals surface area contributed by atoms with Gasteiger partial charge in [0.1, 0.15) is 0 Å². The van der Waals surface area contributed by atoms with Gasteiger partial charge >= 0.3 is 0 Å². The molecule has 1 atom stereocenters. The Morgan fingerprint density at radius 2 is 2.18 bits per heavy atom. The smallest absolute Gasteiger partial charge is 0.0931 e. The van der Waals surface area contributed by atoms with Crippen molar-refractivity contribution in [2.24, 2.45) is 11.7 Å². The summed E-state index contributed by atoms with van der Waals surface area (Å²) in [6.45, 7) is 5.33. The molecule has 17 heavy (non-hydrogen) atoms. The van der Waals surface area contributed by atoms with Crippen molar-refractivity contribution < 1.29 is 0 Å². The van der Waals surface area contributed by atoms with Crippen LogP contribution >= 0.6 is 22.9 Å². The van der Waals surface area contributed by atoms with E-state index in [0.717, 1.165) is 10.3 Å². The van der Waals surface area contributed by atoms with Gasteiger partial charge in [0.05, 0.1) is 10.4 Å². The van der Waals surface area contributed by atoms with Crippen molar-refractivity contribution in [3.05, 3.63) is 21.3 Å². The lowest BCUT2D eigenvalue weighted by Gasteiger charge is -2.36. The van der Waals surface area contributed by atoms with Crippen molar-refractivity contribution in [3.8, 4) is 0 Å². The first-order chi connectivity index (χ1) is 8.24. The number of halogens is 1. The first-order valence-electron chi connectivity index (χ1n) is 6.44. The summed E-state index contributed by atoms with van der Waals surface area (Å²) < 4.78 is 0.863. The summed E-state index contributed by atoms with van der Waals surface area (Å²) >= 11 is 7.67. The number of piperidine rings is 1. The molecule has 0 bridgehead atoms. The zero-order valence-electron chi connectivity index (χ0n) is 10.4. The highest BCUT2D eigenvalue weighted by atomic mass is 35.5. The Hall–Kier alpha value is -0.0900. The van der Waals surface area contributed by atoms with E-state index < -0.39 is 0 Å². The first kappa shape index (κ1) is 13.3. The summed E-state index contributed by atoms with van der Waals surface area (Å²) in [5.41, 5.74) is 5.93. The maximum Gasteiger partial charge on any atom is 0.0931 e. The van der Waals surface area contributed by atoms with E-state index in [1.54, 1.807) is 11.3 Å². The van der Waals surface area contributed by atoms with Gasteiger partial charge in [-0.15, -0.1) is 11.3 Å². The highest BCUT2D eigenvalue weighted by molar-refractivity contribution is 7.16. The van der Waals surface area contributed by atoms with Gasteiger partial charge in [0.2, 0.25) is 0 Å². The molecule has 0 aromatic carbocycles. The van der Waals surface area contributed by atoms with Crippen LogP contribution in [0.15, 0.2) is 12.1 Å². The first-order valence-corrected chi connectivity index (χ1v) is 7.63. The van der Waals surface area contributed by atoms with Crippen LogP contribution < -0.4 is 5.73 Å². The van der Waals surface area contributed by atoms with Crippen molar-refractivity contribution in [1.82, 2.24) is 4.90 Å². The molecule has 2 nitrogen and oxygen atoms in total. The van der Waals surface area contributed by atoms with Gasteiger partial charge < -0.3 is 5.73 Å². The Bertz CT molecular complexity index is 345. The van der Waals surface area contributed by atoms with Gasteiger partial charge in [0, 0.05) is 11.4 Å². The SMILES string of the molecule is CCC1CCN(C(CN)c2ccc(Cl)s2)CC1. The molecule has 1 aromatic rings. The fourth-order valence-electron chi connectivity index (χ4n) is 2.63. The van der Waals surface area contributed by atoms with Gasteiger partial charge in [-0.05, 0) is 44.0 Å². The zero-order valence-corrected chi connectivity index (χ0v) is 11.9. The molecule has 2 N–H and O–H groups in total. The quantitative estimate of drug-likeness (QED) is 0.909. The van der Waals surface area contributed by atoms with Crippen molar-refractivity contribution in [1.29, 1.82) is 0 Å². The van der Waals surface area contributed by atoms with Crippen LogP contribution in [-0.2, 0) is 0 Å². The zero-order chi connectivity index (χ0) is 12.3. The lowest BCUT2D eigenvalue weighted by atomic mass is 9.93. The molecule has 0 aliphatic carbocycles. The Labute approximate surface area is 113 Å². The van der Waals surface area contributed by atoms with Crippen LogP contribution in [0.3, 0.4) is 0 Å². The van der Waals surface area contributed by atoms with Gasteiger partial charge in [-0.25, -0.2) is 0 Å². The topological polar surface area (TPSA) is 29.3 Å². The Balaban J connectivity index is 2.00. The fraction of sp³-hybridized carbons (Fsp3) is 0.692. The van der Waals surface area contributed by atoms with Crippen molar-refractivity contribution >= 4 is 22.9 Å². The number of likely N-dealkylation sites (tertiary alicyclic amines) is 1. The molecule has 0 radical (unpaired) electrons. The van der Waals surface area contributed by atoms with Crippen LogP contribution in [-0.4, -0.2) is 24.5 Å². The second-order valence-corrected chi connectivity index (χ2v) is 6.53. The van der Waals surface area contributed by atoms with Gasteiger partial charge in [-0.3, -0.25) is 4.90 Å². The monoisotopic (exact) mass is 272 g/mol. The second kappa shape index (κ2) is 6.19. The third kappa shape index (κ3) is 3.22. The maximum absolute atomic E-state index is 6.01. The average Bonchev–Trinajstić information content (AvgIpc) is 2.78. The molecule has 0 saturated carbocycles. The Kier molecular flexibility index (Phi) is 4.86. The van der Waals surface area contributed by atoms with Crippen molar-refractivity contribution in [3.63, 3.8) is 0 Å². The number of hydrogen-bond acceptors (Lipinski definition) is 3. The minimum absolute atomic E-state index is 0.366. The summed E-state index contributed by atoms with van der Waals surface area (Å²) in [6, 6.07) is 4.46. The Morgan fingerprint density at radius 1 is 1.47 bits per heavy atom. The standard InChI is InChI=1S/C13H21ClN2S/c1-2-10-5-7-16(8-6-10)11(9-15)12-3-4-13(14)17-12/h3-4,10-11H,2,5-9,15H2,1H3. The molecule has 1 saturated heterocycles. The van der Waals surface area contributed by atoms with Crippen LogP contribution in [0.4, 0.5) is 0 Å². The summed E-state index contributed by atoms with van der Waals surface area (Å²) in [5.74, 6) is 0.914. The van der Waals surface area contributed by atoms with E-state index in [4.69, 9.17) is 17.3 Å². The third-order valence-corrected chi connectivity index (χ3v) is 5.15. The predicted octanol–water partition coefficient (Wildman–Crippen LogP) is 3.52. The number of hydrogen-bond donors (Lipinski definition) is 1. The van der Waals surface area contributed by atoms with E-state index >= 15 is 0 Å². The summed E-state index contributed by atoms with van der Waals surface area (Å²) in [5, 5.41) is 0. The molecule has 2 heterocycles. The molecule has 1 fully saturated rings. The Morgan fingerprint density at radius 3 is 2.65 bits per heavy atom. The van der Waals surface area contributed by atoms with Gasteiger partial charge in [-0.2, -0.15) is 0 Å². The minimum Gasteiger partial charge on any atom is -0.329 e. The highest BCUT2D eigenvalue weighted by Gasteiger charge is 2.25. The minimum atomic E-state index is 0.366. The van der Waals surface area contributed by atoms with Gasteiger partial charge in [-0.1, -0.05) is 24.9 Å². The van der Waals surface area contributed by atoms with Crippen LogP contribution in [0.2, 0.25) is 4.34 Å². The van der Waals surface area contributed by atoms with Crippen LogP contribution in [0.1, 0.15) is 37.1 Å². The van der Waals surface area contributed by atoms with Gasteiger partial charge in [0.25, 0.3) is 0 Å². The molecule has 1 aromatic heterocycles. The van der Waals surface area contributed by atoms with Crippen LogP contribution in [0, 0.1) is 5.92 Å². The number of rotatable bonds is 4. The van der Waals surface area contributed by atoms with Crippen molar-refractivity contribution in [2.45, 2.75) is 32.2 Å². The summed E-state index contributed by atoms with van der Waals surface area (Å²) in [4.78, 5) is 3.83. The number of thiophene rings is 1. The summed E-state index contributed by atoms with van der Waals surface area (Å²) in [7, 11) is 0. The molecule has 1 unspecified atom stereocenters. The normalized spacial score (nSPS) is 20.6. The second-order valence-electron chi connectivity index (χ2n) is 4.78. The van der Waals surface area contributed by atoms with Crippen molar-refractivity contribution in [2.75, 3.05) is 19.6 Å². The molecule has 1 aliphatic heterocycles. The molecule has 0 spiro atoms. The summed E-state index contributed by atoms with van der Waals surface area (Å²) in [6.07, 6.45) is 3.93. The number of nitrogens with zero attached hydrogens (tertiary/aromatic N) is 1. The largest absolute Gasteiger partial charge is 0.329 e. The molecule has 4 heteroatoms. The predicted molar refractivity (Wildman–Crippen MR) is 75.7 cm³/mol.